The molecule has 0 bridgehead atoms. The highest BCUT2D eigenvalue weighted by atomic mass is 16.3. The van der Waals surface area contributed by atoms with Gasteiger partial charge in [0.25, 0.3) is 0 Å². The van der Waals surface area contributed by atoms with E-state index >= 15 is 0 Å². The summed E-state index contributed by atoms with van der Waals surface area (Å²) in [6.45, 7) is 4.30. The Balaban J connectivity index is 1.15. The Morgan fingerprint density at radius 2 is 0.781 bits per heavy atom. The molecule has 5 nitrogen and oxygen atoms in total. The van der Waals surface area contributed by atoms with E-state index in [1.54, 1.807) is 0 Å². The van der Waals surface area contributed by atoms with Gasteiger partial charge in [-0.05, 0) is 102 Å². The molecule has 0 unspecified atom stereocenters. The van der Waals surface area contributed by atoms with Gasteiger partial charge in [-0.3, -0.25) is 0 Å². The first-order valence-corrected chi connectivity index (χ1v) is 21.7. The molecule has 12 rings (SSSR count). The first-order chi connectivity index (χ1) is 31.5. The highest BCUT2D eigenvalue weighted by Crippen LogP contribution is 2.42. The van der Waals surface area contributed by atoms with Crippen LogP contribution in [0.5, 0.6) is 0 Å². The molecule has 12 aromatic rings. The molecule has 0 N–H and O–H groups in total. The fourth-order valence-corrected chi connectivity index (χ4v) is 9.22. The van der Waals surface area contributed by atoms with Crippen LogP contribution in [0.15, 0.2) is 211 Å². The van der Waals surface area contributed by atoms with Crippen molar-refractivity contribution < 1.29 is 4.42 Å². The lowest BCUT2D eigenvalue weighted by atomic mass is 9.99. The van der Waals surface area contributed by atoms with E-state index in [1.165, 1.54) is 44.2 Å². The van der Waals surface area contributed by atoms with Gasteiger partial charge in [0, 0.05) is 38.2 Å². The van der Waals surface area contributed by atoms with Gasteiger partial charge in [0.2, 0.25) is 0 Å². The predicted molar refractivity (Wildman–Crippen MR) is 264 cm³/mol. The van der Waals surface area contributed by atoms with Crippen LogP contribution in [0.25, 0.3) is 117 Å². The van der Waals surface area contributed by atoms with E-state index in [2.05, 4.69) is 176 Å². The largest absolute Gasteiger partial charge is 0.456 e. The summed E-state index contributed by atoms with van der Waals surface area (Å²) in [6.07, 6.45) is 0. The van der Waals surface area contributed by atoms with Crippen LogP contribution >= 0.6 is 0 Å². The highest BCUT2D eigenvalue weighted by molar-refractivity contribution is 6.12. The summed E-state index contributed by atoms with van der Waals surface area (Å²) in [4.78, 5) is 15.7. The van der Waals surface area contributed by atoms with E-state index in [4.69, 9.17) is 19.4 Å². The molecule has 0 spiro atoms. The molecular weight excluding hydrogens is 781 g/mol. The van der Waals surface area contributed by atoms with Gasteiger partial charge in [-0.1, -0.05) is 163 Å². The molecule has 0 amide bonds. The average Bonchev–Trinajstić information content (AvgIpc) is 3.89. The molecule has 0 saturated carbocycles. The first-order valence-electron chi connectivity index (χ1n) is 21.7. The van der Waals surface area contributed by atoms with E-state index in [0.29, 0.717) is 17.5 Å². The van der Waals surface area contributed by atoms with Crippen LogP contribution in [-0.2, 0) is 0 Å². The van der Waals surface area contributed by atoms with Crippen molar-refractivity contribution >= 4 is 43.7 Å². The minimum absolute atomic E-state index is 0.585. The zero-order valence-corrected chi connectivity index (χ0v) is 35.3. The second-order valence-electron chi connectivity index (χ2n) is 16.6. The van der Waals surface area contributed by atoms with Gasteiger partial charge >= 0.3 is 0 Å². The second-order valence-corrected chi connectivity index (χ2v) is 16.6. The van der Waals surface area contributed by atoms with Crippen molar-refractivity contribution in [1.82, 2.24) is 19.5 Å². The van der Waals surface area contributed by atoms with Gasteiger partial charge in [-0.25, -0.2) is 15.0 Å². The van der Waals surface area contributed by atoms with Crippen molar-refractivity contribution in [2.24, 2.45) is 0 Å². The number of nitrogens with zero attached hydrogens (tertiary/aromatic N) is 4. The van der Waals surface area contributed by atoms with Crippen molar-refractivity contribution in [3.05, 3.63) is 217 Å². The van der Waals surface area contributed by atoms with E-state index in [-0.39, 0.29) is 0 Å². The second kappa shape index (κ2) is 15.2. The first kappa shape index (κ1) is 37.4. The molecule has 0 aliphatic rings. The van der Waals surface area contributed by atoms with Crippen LogP contribution < -0.4 is 0 Å². The van der Waals surface area contributed by atoms with Crippen molar-refractivity contribution in [3.63, 3.8) is 0 Å². The number of para-hydroxylation sites is 1. The van der Waals surface area contributed by atoms with Crippen LogP contribution in [0.2, 0.25) is 0 Å². The van der Waals surface area contributed by atoms with Crippen molar-refractivity contribution in [1.29, 1.82) is 0 Å². The lowest BCUT2D eigenvalue weighted by Gasteiger charge is -2.16. The summed E-state index contributed by atoms with van der Waals surface area (Å²) in [5.41, 5.74) is 16.9. The summed E-state index contributed by atoms with van der Waals surface area (Å²) >= 11 is 0. The maximum Gasteiger partial charge on any atom is 0.166 e. The summed E-state index contributed by atoms with van der Waals surface area (Å²) in [6, 6.07) is 72.9. The summed E-state index contributed by atoms with van der Waals surface area (Å²) in [5, 5.41) is 4.50. The van der Waals surface area contributed by atoms with Crippen molar-refractivity contribution in [2.75, 3.05) is 0 Å². The van der Waals surface area contributed by atoms with Gasteiger partial charge in [-0.15, -0.1) is 0 Å². The molecule has 9 aromatic carbocycles. The van der Waals surface area contributed by atoms with E-state index in [0.717, 1.165) is 66.5 Å². The zero-order chi connectivity index (χ0) is 42.7. The Kier molecular flexibility index (Phi) is 8.87. The fraction of sp³-hybridized carbons (Fsp3) is 0.0339. The number of hydrogen-bond acceptors (Lipinski definition) is 4. The third-order valence-corrected chi connectivity index (χ3v) is 12.4. The van der Waals surface area contributed by atoms with Crippen molar-refractivity contribution in [3.8, 4) is 73.2 Å². The number of rotatable bonds is 7. The zero-order valence-electron chi connectivity index (χ0n) is 35.3. The van der Waals surface area contributed by atoms with Gasteiger partial charge in [0.15, 0.2) is 17.5 Å². The fourth-order valence-electron chi connectivity index (χ4n) is 9.22. The average molecular weight is 821 g/mol. The molecule has 0 radical (unpaired) electrons. The van der Waals surface area contributed by atoms with Crippen LogP contribution in [0.3, 0.4) is 0 Å². The Morgan fingerprint density at radius 1 is 0.328 bits per heavy atom. The Labute approximate surface area is 370 Å². The number of aryl methyl sites for hydroxylation is 2. The molecule has 0 aliphatic carbocycles. The smallest absolute Gasteiger partial charge is 0.166 e. The van der Waals surface area contributed by atoms with Gasteiger partial charge in [-0.2, -0.15) is 0 Å². The summed E-state index contributed by atoms with van der Waals surface area (Å²) in [7, 11) is 0. The van der Waals surface area contributed by atoms with Crippen molar-refractivity contribution in [2.45, 2.75) is 13.8 Å². The third kappa shape index (κ3) is 6.54. The minimum atomic E-state index is 0.585. The normalized spacial score (nSPS) is 11.6. The van der Waals surface area contributed by atoms with Gasteiger partial charge in [0.1, 0.15) is 11.2 Å². The lowest BCUT2D eigenvalue weighted by molar-refractivity contribution is 0.669. The summed E-state index contributed by atoms with van der Waals surface area (Å²) in [5.74, 6) is 1.81. The molecule has 3 aromatic heterocycles. The number of benzene rings is 9. The number of hydrogen-bond donors (Lipinski definition) is 0. The molecule has 302 valence electrons. The maximum atomic E-state index is 6.25. The Bertz CT molecular complexity index is 3590. The number of fused-ring (bicyclic) bond motifs is 6. The Morgan fingerprint density at radius 3 is 1.38 bits per heavy atom. The quantitative estimate of drug-likeness (QED) is 0.161. The van der Waals surface area contributed by atoms with Crippen LogP contribution in [0.4, 0.5) is 0 Å². The highest BCUT2D eigenvalue weighted by Gasteiger charge is 2.22. The van der Waals surface area contributed by atoms with Gasteiger partial charge in [0.05, 0.1) is 16.7 Å². The van der Waals surface area contributed by atoms with Crippen LogP contribution in [0.1, 0.15) is 11.1 Å². The maximum absolute atomic E-state index is 6.25. The summed E-state index contributed by atoms with van der Waals surface area (Å²) < 4.78 is 8.64. The molecule has 64 heavy (non-hydrogen) atoms. The minimum Gasteiger partial charge on any atom is -0.456 e. The molecule has 0 aliphatic heterocycles. The van der Waals surface area contributed by atoms with E-state index in [1.807, 2.05) is 48.5 Å². The topological polar surface area (TPSA) is 56.7 Å². The molecule has 0 fully saturated rings. The molecule has 3 heterocycles. The molecule has 0 atom stereocenters. The van der Waals surface area contributed by atoms with E-state index in [9.17, 15) is 0 Å². The number of aromatic nitrogens is 4. The molecular formula is C59H40N4O. The van der Waals surface area contributed by atoms with Crippen LogP contribution in [-0.4, -0.2) is 19.5 Å². The SMILES string of the molecule is Cc1cccc(-c2ccc3c(c2)c2cc(-c4cccc(C)c4)ccc2n3-c2ccc(-c3ccc4oc5ccccc5c4c3)cc2-c2nc(-c3ccccc3)nc(-c3ccccc3)n2)c1. The number of furan rings is 1. The standard InChI is InChI=1S/C59H40N4O/c1-37-13-11-19-41(31-37)43-23-27-52-48(33-43)49-34-44(42-20-12-14-38(2)32-42)24-28-53(49)63(52)54-29-25-45(46-26-30-56-50(35-46)47-21-9-10-22-55(47)64-56)36-51(54)59-61-57(39-15-5-3-6-16-39)60-58(62-59)40-17-7-4-8-18-40/h3-36H,1-2H3. The predicted octanol–water partition coefficient (Wildman–Crippen LogP) is 15.5. The third-order valence-electron chi connectivity index (χ3n) is 12.4. The monoisotopic (exact) mass is 820 g/mol. The Hall–Kier alpha value is -8.41. The lowest BCUT2D eigenvalue weighted by Crippen LogP contribution is -2.04. The molecule has 5 heteroatoms. The van der Waals surface area contributed by atoms with Gasteiger partial charge < -0.3 is 8.98 Å². The van der Waals surface area contributed by atoms with Crippen LogP contribution in [0, 0.1) is 13.8 Å². The van der Waals surface area contributed by atoms with E-state index < -0.39 is 0 Å². The molecule has 0 saturated heterocycles.